The quantitative estimate of drug-likeness (QED) is 0.712. The Hall–Kier alpha value is -2.77. The van der Waals surface area contributed by atoms with E-state index in [0.717, 1.165) is 30.9 Å². The predicted molar refractivity (Wildman–Crippen MR) is 107 cm³/mol. The first-order chi connectivity index (χ1) is 13.5. The maximum absolute atomic E-state index is 11.8. The van der Waals surface area contributed by atoms with Gasteiger partial charge in [0, 0.05) is 44.1 Å². The summed E-state index contributed by atoms with van der Waals surface area (Å²) in [7, 11) is 1.59. The molecule has 146 valence electrons. The molecule has 3 aromatic rings. The minimum Gasteiger partial charge on any atom is -0.378 e. The highest BCUT2D eigenvalue weighted by atomic mass is 16.5. The largest absolute Gasteiger partial charge is 0.378 e. The molecular weight excluding hydrogens is 354 g/mol. The van der Waals surface area contributed by atoms with Crippen LogP contribution in [0, 0.1) is 13.8 Å². The zero-order valence-electron chi connectivity index (χ0n) is 16.5. The van der Waals surface area contributed by atoms with E-state index in [-0.39, 0.29) is 5.56 Å². The fraction of sp³-hybridized carbons (Fsp3) is 0.381. The van der Waals surface area contributed by atoms with Crippen LogP contribution in [0.4, 0.5) is 0 Å². The van der Waals surface area contributed by atoms with Crippen LogP contribution in [0.25, 0.3) is 11.4 Å². The first-order valence-electron chi connectivity index (χ1n) is 9.45. The topological polar surface area (TPSA) is 76.0 Å². The van der Waals surface area contributed by atoms with Gasteiger partial charge in [-0.1, -0.05) is 24.3 Å². The lowest BCUT2D eigenvalue weighted by Gasteiger charge is -2.39. The molecule has 1 aliphatic heterocycles. The smallest absolute Gasteiger partial charge is 0.251 e. The number of aromatic amines is 1. The maximum atomic E-state index is 11.8. The first kappa shape index (κ1) is 18.6. The van der Waals surface area contributed by atoms with Crippen LogP contribution in [0.3, 0.4) is 0 Å². The summed E-state index contributed by atoms with van der Waals surface area (Å²) in [6.45, 7) is 7.40. The number of likely N-dealkylation sites (tertiary alicyclic amines) is 1. The molecule has 0 amide bonds. The van der Waals surface area contributed by atoms with Crippen molar-refractivity contribution in [1.82, 2.24) is 24.6 Å². The van der Waals surface area contributed by atoms with E-state index in [1.807, 2.05) is 19.1 Å². The SMILES string of the molecule is COCc1cc(=O)[nH]c(-c2ccc(CN3CC(n4nc(C)cc4C)C3)cc2)n1. The molecule has 1 fully saturated rings. The van der Waals surface area contributed by atoms with E-state index in [4.69, 9.17) is 4.74 Å². The summed E-state index contributed by atoms with van der Waals surface area (Å²) in [5.74, 6) is 0.569. The van der Waals surface area contributed by atoms with Crippen molar-refractivity contribution in [1.29, 1.82) is 0 Å². The molecule has 1 aromatic carbocycles. The predicted octanol–water partition coefficient (Wildman–Crippen LogP) is 2.45. The van der Waals surface area contributed by atoms with E-state index in [1.54, 1.807) is 7.11 Å². The van der Waals surface area contributed by atoms with Gasteiger partial charge in [0.1, 0.15) is 5.82 Å². The summed E-state index contributed by atoms with van der Waals surface area (Å²) in [6.07, 6.45) is 0. The molecule has 3 heterocycles. The Morgan fingerprint density at radius 3 is 2.57 bits per heavy atom. The second-order valence-corrected chi connectivity index (χ2v) is 7.43. The number of hydrogen-bond donors (Lipinski definition) is 1. The van der Waals surface area contributed by atoms with E-state index < -0.39 is 0 Å². The molecular formula is C21H25N5O2. The Bertz CT molecular complexity index is 1020. The molecule has 1 N–H and O–H groups in total. The summed E-state index contributed by atoms with van der Waals surface area (Å²) in [4.78, 5) is 21.5. The highest BCUT2D eigenvalue weighted by molar-refractivity contribution is 5.55. The summed E-state index contributed by atoms with van der Waals surface area (Å²) in [5, 5.41) is 4.59. The lowest BCUT2D eigenvalue weighted by Crippen LogP contribution is -2.47. The number of H-pyrrole nitrogens is 1. The van der Waals surface area contributed by atoms with Gasteiger partial charge in [0.2, 0.25) is 0 Å². The molecule has 0 radical (unpaired) electrons. The van der Waals surface area contributed by atoms with Gasteiger partial charge in [-0.05, 0) is 25.5 Å². The van der Waals surface area contributed by atoms with Gasteiger partial charge in [-0.25, -0.2) is 4.98 Å². The molecule has 7 nitrogen and oxygen atoms in total. The van der Waals surface area contributed by atoms with Crippen LogP contribution < -0.4 is 5.56 Å². The van der Waals surface area contributed by atoms with Crippen LogP contribution in [-0.2, 0) is 17.9 Å². The third-order valence-electron chi connectivity index (χ3n) is 5.05. The third-order valence-corrected chi connectivity index (χ3v) is 5.05. The molecule has 2 aromatic heterocycles. The van der Waals surface area contributed by atoms with Gasteiger partial charge < -0.3 is 9.72 Å². The molecule has 0 atom stereocenters. The van der Waals surface area contributed by atoms with Crippen molar-refractivity contribution in [3.8, 4) is 11.4 Å². The van der Waals surface area contributed by atoms with Crippen molar-refractivity contribution in [2.45, 2.75) is 33.0 Å². The number of hydrogen-bond acceptors (Lipinski definition) is 5. The Balaban J connectivity index is 1.39. The Labute approximate surface area is 164 Å². The summed E-state index contributed by atoms with van der Waals surface area (Å²) >= 11 is 0. The minimum absolute atomic E-state index is 0.170. The van der Waals surface area contributed by atoms with E-state index in [0.29, 0.717) is 24.2 Å². The van der Waals surface area contributed by atoms with Gasteiger partial charge in [0.15, 0.2) is 0 Å². The molecule has 0 bridgehead atoms. The Morgan fingerprint density at radius 1 is 1.18 bits per heavy atom. The molecule has 1 aliphatic rings. The fourth-order valence-electron chi connectivity index (χ4n) is 3.73. The lowest BCUT2D eigenvalue weighted by molar-refractivity contribution is 0.0894. The second-order valence-electron chi connectivity index (χ2n) is 7.43. The van der Waals surface area contributed by atoms with Gasteiger partial charge in [-0.3, -0.25) is 14.4 Å². The summed E-state index contributed by atoms with van der Waals surface area (Å²) < 4.78 is 7.22. The van der Waals surface area contributed by atoms with Crippen LogP contribution in [-0.4, -0.2) is 44.8 Å². The monoisotopic (exact) mass is 379 g/mol. The number of ether oxygens (including phenoxy) is 1. The van der Waals surface area contributed by atoms with Crippen LogP contribution >= 0.6 is 0 Å². The maximum Gasteiger partial charge on any atom is 0.251 e. The second kappa shape index (κ2) is 7.69. The summed E-state index contributed by atoms with van der Waals surface area (Å²) in [5.41, 5.74) is 4.89. The highest BCUT2D eigenvalue weighted by Gasteiger charge is 2.29. The number of methoxy groups -OCH3 is 1. The number of benzene rings is 1. The van der Waals surface area contributed by atoms with Crippen LogP contribution in [0.1, 0.15) is 28.7 Å². The first-order valence-corrected chi connectivity index (χ1v) is 9.45. The van der Waals surface area contributed by atoms with Gasteiger partial charge in [-0.15, -0.1) is 0 Å². The molecule has 0 saturated carbocycles. The van der Waals surface area contributed by atoms with E-state index in [2.05, 4.69) is 49.8 Å². The average Bonchev–Trinajstić information content (AvgIpc) is 2.96. The highest BCUT2D eigenvalue weighted by Crippen LogP contribution is 2.25. The van der Waals surface area contributed by atoms with Crippen LogP contribution in [0.15, 0.2) is 41.2 Å². The van der Waals surface area contributed by atoms with Crippen LogP contribution in [0.2, 0.25) is 0 Å². The summed E-state index contributed by atoms with van der Waals surface area (Å²) in [6, 6.07) is 12.2. The Morgan fingerprint density at radius 2 is 1.93 bits per heavy atom. The van der Waals surface area contributed by atoms with Gasteiger partial charge in [0.25, 0.3) is 5.56 Å². The average molecular weight is 379 g/mol. The van der Waals surface area contributed by atoms with E-state index in [1.165, 1.54) is 17.3 Å². The number of aromatic nitrogens is 4. The zero-order valence-corrected chi connectivity index (χ0v) is 16.5. The number of rotatable bonds is 6. The Kier molecular flexibility index (Phi) is 5.11. The van der Waals surface area contributed by atoms with Gasteiger partial charge >= 0.3 is 0 Å². The molecule has 1 saturated heterocycles. The van der Waals surface area contributed by atoms with Gasteiger partial charge in [0.05, 0.1) is 24.0 Å². The fourth-order valence-corrected chi connectivity index (χ4v) is 3.73. The van der Waals surface area contributed by atoms with Crippen molar-refractivity contribution in [3.63, 3.8) is 0 Å². The minimum atomic E-state index is -0.170. The molecule has 28 heavy (non-hydrogen) atoms. The number of nitrogens with one attached hydrogen (secondary N) is 1. The van der Waals surface area contributed by atoms with Crippen LogP contribution in [0.5, 0.6) is 0 Å². The zero-order chi connectivity index (χ0) is 19.7. The van der Waals surface area contributed by atoms with Crippen molar-refractivity contribution in [3.05, 3.63) is 69.4 Å². The standard InChI is InChI=1S/C21H25N5O2/c1-14-8-15(2)26(24-14)19-11-25(12-19)10-16-4-6-17(7-5-16)21-22-18(13-28-3)9-20(27)23-21/h4-9,19H,10-13H2,1-3H3,(H,22,23,27). The number of nitrogens with zero attached hydrogens (tertiary/aromatic N) is 4. The van der Waals surface area contributed by atoms with Crippen molar-refractivity contribution < 1.29 is 4.74 Å². The van der Waals surface area contributed by atoms with E-state index in [9.17, 15) is 4.79 Å². The molecule has 0 spiro atoms. The third kappa shape index (κ3) is 3.90. The molecule has 0 unspecified atom stereocenters. The van der Waals surface area contributed by atoms with Crippen molar-refractivity contribution in [2.24, 2.45) is 0 Å². The van der Waals surface area contributed by atoms with Crippen molar-refractivity contribution >= 4 is 0 Å². The van der Waals surface area contributed by atoms with E-state index >= 15 is 0 Å². The van der Waals surface area contributed by atoms with Crippen molar-refractivity contribution in [2.75, 3.05) is 20.2 Å². The molecule has 4 rings (SSSR count). The normalized spacial score (nSPS) is 15.0. The van der Waals surface area contributed by atoms with Gasteiger partial charge in [-0.2, -0.15) is 5.10 Å². The molecule has 0 aliphatic carbocycles. The number of aryl methyl sites for hydroxylation is 2. The molecule has 7 heteroatoms. The lowest BCUT2D eigenvalue weighted by atomic mass is 10.1.